The van der Waals surface area contributed by atoms with Crippen molar-refractivity contribution in [2.24, 2.45) is 29.1 Å². The monoisotopic (exact) mass is 272 g/mol. The Balaban J connectivity index is 1.96. The van der Waals surface area contributed by atoms with Crippen molar-refractivity contribution < 1.29 is 0 Å². The molecule has 0 N–H and O–H groups in total. The van der Waals surface area contributed by atoms with Crippen molar-refractivity contribution in [3.05, 3.63) is 0 Å². The fourth-order valence-electron chi connectivity index (χ4n) is 3.67. The molecule has 0 radical (unpaired) electrons. The van der Waals surface area contributed by atoms with Crippen LogP contribution in [0.2, 0.25) is 0 Å². The molecule has 0 spiro atoms. The van der Waals surface area contributed by atoms with Gasteiger partial charge in [0.2, 0.25) is 0 Å². The lowest BCUT2D eigenvalue weighted by molar-refractivity contribution is 0.160. The van der Waals surface area contributed by atoms with Crippen molar-refractivity contribution in [2.45, 2.75) is 52.9 Å². The summed E-state index contributed by atoms with van der Waals surface area (Å²) in [4.78, 5) is 0. The number of halogens is 1. The van der Waals surface area contributed by atoms with Crippen LogP contribution in [0, 0.1) is 29.1 Å². The van der Waals surface area contributed by atoms with Gasteiger partial charge in [-0.05, 0) is 54.8 Å². The molecule has 1 heteroatoms. The summed E-state index contributed by atoms with van der Waals surface area (Å²) in [5, 5.41) is 1.17. The molecule has 0 aromatic rings. The first kappa shape index (κ1) is 12.0. The number of hydrogen-bond acceptors (Lipinski definition) is 0. The average Bonchev–Trinajstić information content (AvgIpc) is 2.78. The van der Waals surface area contributed by atoms with Gasteiger partial charge in [-0.25, -0.2) is 0 Å². The Bertz CT molecular complexity index is 223. The summed E-state index contributed by atoms with van der Waals surface area (Å²) in [5.74, 6) is 4.04. The molecule has 0 saturated heterocycles. The fourth-order valence-corrected chi connectivity index (χ4v) is 4.55. The van der Waals surface area contributed by atoms with Gasteiger partial charge >= 0.3 is 0 Å². The van der Waals surface area contributed by atoms with Crippen LogP contribution in [0.3, 0.4) is 0 Å². The zero-order valence-corrected chi connectivity index (χ0v) is 12.0. The predicted molar refractivity (Wildman–Crippen MR) is 70.3 cm³/mol. The van der Waals surface area contributed by atoms with Crippen LogP contribution in [-0.4, -0.2) is 5.33 Å². The van der Waals surface area contributed by atoms with Crippen molar-refractivity contribution in [3.63, 3.8) is 0 Å². The maximum atomic E-state index is 3.73. The van der Waals surface area contributed by atoms with E-state index in [1.165, 1.54) is 24.6 Å². The van der Waals surface area contributed by atoms with Crippen LogP contribution in [0.5, 0.6) is 0 Å². The van der Waals surface area contributed by atoms with E-state index in [9.17, 15) is 0 Å². The minimum atomic E-state index is 0.523. The largest absolute Gasteiger partial charge is 0.0922 e. The Morgan fingerprint density at radius 2 is 2.00 bits per heavy atom. The minimum Gasteiger partial charge on any atom is -0.0922 e. The third-order valence-corrected chi connectivity index (χ3v) is 6.59. The molecular weight excluding hydrogens is 248 g/mol. The number of alkyl halides is 1. The summed E-state index contributed by atoms with van der Waals surface area (Å²) in [5.41, 5.74) is 0.523. The highest BCUT2D eigenvalue weighted by molar-refractivity contribution is 9.09. The molecule has 0 amide bonds. The summed E-state index contributed by atoms with van der Waals surface area (Å²) >= 11 is 3.73. The van der Waals surface area contributed by atoms with E-state index in [0.717, 1.165) is 23.7 Å². The molecule has 2 aliphatic carbocycles. The Morgan fingerprint density at radius 1 is 1.27 bits per heavy atom. The zero-order valence-electron chi connectivity index (χ0n) is 10.4. The van der Waals surface area contributed by atoms with Crippen LogP contribution in [0.25, 0.3) is 0 Å². The quantitative estimate of drug-likeness (QED) is 0.641. The first-order valence-electron chi connectivity index (χ1n) is 6.61. The summed E-state index contributed by atoms with van der Waals surface area (Å²) < 4.78 is 0. The van der Waals surface area contributed by atoms with Gasteiger partial charge in [-0.1, -0.05) is 43.1 Å². The molecule has 4 atom stereocenters. The Labute approximate surface area is 103 Å². The fraction of sp³-hybridized carbons (Fsp3) is 1.00. The zero-order chi connectivity index (χ0) is 11.1. The second kappa shape index (κ2) is 4.39. The summed E-state index contributed by atoms with van der Waals surface area (Å²) in [6.45, 7) is 7.24. The maximum Gasteiger partial charge on any atom is 0.00878 e. The summed E-state index contributed by atoms with van der Waals surface area (Å²) in [6.07, 6.45) is 7.62. The molecule has 0 heterocycles. The van der Waals surface area contributed by atoms with Crippen molar-refractivity contribution in [2.75, 3.05) is 5.33 Å². The molecular formula is C14H25Br. The van der Waals surface area contributed by atoms with Gasteiger partial charge in [-0.15, -0.1) is 0 Å². The third-order valence-electron chi connectivity index (χ3n) is 5.31. The molecule has 2 rings (SSSR count). The molecule has 2 saturated carbocycles. The molecule has 0 aliphatic heterocycles. The number of fused-ring (bicyclic) bond motifs is 2. The highest BCUT2D eigenvalue weighted by atomic mass is 79.9. The molecule has 15 heavy (non-hydrogen) atoms. The molecule has 88 valence electrons. The summed E-state index contributed by atoms with van der Waals surface area (Å²) in [7, 11) is 0. The van der Waals surface area contributed by atoms with E-state index in [0.29, 0.717) is 5.41 Å². The lowest BCUT2D eigenvalue weighted by Crippen LogP contribution is -2.30. The molecule has 2 aliphatic rings. The van der Waals surface area contributed by atoms with E-state index in [4.69, 9.17) is 0 Å². The molecule has 4 unspecified atom stereocenters. The Hall–Kier alpha value is 0.480. The predicted octanol–water partition coefficient (Wildman–Crippen LogP) is 4.87. The van der Waals surface area contributed by atoms with Crippen molar-refractivity contribution in [1.29, 1.82) is 0 Å². The van der Waals surface area contributed by atoms with Gasteiger partial charge in [0.05, 0.1) is 0 Å². The lowest BCUT2D eigenvalue weighted by atomic mass is 9.70. The number of hydrogen-bond donors (Lipinski definition) is 0. The Morgan fingerprint density at radius 3 is 2.40 bits per heavy atom. The molecule has 2 fully saturated rings. The molecule has 0 aromatic carbocycles. The van der Waals surface area contributed by atoms with E-state index < -0.39 is 0 Å². The first-order chi connectivity index (χ1) is 7.05. The SMILES string of the molecule is CC(C)C(C)(CBr)CC1CC2CCC1C2. The van der Waals surface area contributed by atoms with Crippen LogP contribution in [0.1, 0.15) is 52.9 Å². The van der Waals surface area contributed by atoms with Gasteiger partial charge in [0.15, 0.2) is 0 Å². The van der Waals surface area contributed by atoms with Gasteiger partial charge in [-0.2, -0.15) is 0 Å². The van der Waals surface area contributed by atoms with Crippen LogP contribution in [0.15, 0.2) is 0 Å². The smallest absolute Gasteiger partial charge is 0.00878 e. The van der Waals surface area contributed by atoms with Gasteiger partial charge < -0.3 is 0 Å². The van der Waals surface area contributed by atoms with Crippen LogP contribution < -0.4 is 0 Å². The normalized spacial score (nSPS) is 38.6. The number of rotatable bonds is 4. The van der Waals surface area contributed by atoms with E-state index in [1.807, 2.05) is 0 Å². The standard InChI is InChI=1S/C14H25Br/c1-10(2)14(3,9-15)8-13-7-11-4-5-12(13)6-11/h10-13H,4-9H2,1-3H3. The average molecular weight is 273 g/mol. The van der Waals surface area contributed by atoms with E-state index in [1.54, 1.807) is 12.8 Å². The van der Waals surface area contributed by atoms with Crippen molar-refractivity contribution in [1.82, 2.24) is 0 Å². The van der Waals surface area contributed by atoms with Crippen LogP contribution in [0.4, 0.5) is 0 Å². The van der Waals surface area contributed by atoms with E-state index in [-0.39, 0.29) is 0 Å². The van der Waals surface area contributed by atoms with Gasteiger partial charge in [0.1, 0.15) is 0 Å². The highest BCUT2D eigenvalue weighted by Gasteiger charge is 2.42. The third kappa shape index (κ3) is 2.28. The maximum absolute atomic E-state index is 3.73. The van der Waals surface area contributed by atoms with Gasteiger partial charge in [0.25, 0.3) is 0 Å². The Kier molecular flexibility index (Phi) is 3.50. The van der Waals surface area contributed by atoms with E-state index >= 15 is 0 Å². The second-order valence-corrected chi connectivity index (χ2v) is 7.14. The topological polar surface area (TPSA) is 0 Å². The molecule has 0 aromatic heterocycles. The van der Waals surface area contributed by atoms with Crippen molar-refractivity contribution >= 4 is 15.9 Å². The highest BCUT2D eigenvalue weighted by Crippen LogP contribution is 2.53. The van der Waals surface area contributed by atoms with Crippen molar-refractivity contribution in [3.8, 4) is 0 Å². The van der Waals surface area contributed by atoms with Gasteiger partial charge in [-0.3, -0.25) is 0 Å². The van der Waals surface area contributed by atoms with E-state index in [2.05, 4.69) is 36.7 Å². The second-order valence-electron chi connectivity index (χ2n) is 6.58. The lowest BCUT2D eigenvalue weighted by Gasteiger charge is -2.37. The van der Waals surface area contributed by atoms with Gasteiger partial charge in [0, 0.05) is 5.33 Å². The van der Waals surface area contributed by atoms with Crippen LogP contribution in [-0.2, 0) is 0 Å². The molecule has 0 nitrogen and oxygen atoms in total. The first-order valence-corrected chi connectivity index (χ1v) is 7.73. The molecule has 2 bridgehead atoms. The minimum absolute atomic E-state index is 0.523. The summed E-state index contributed by atoms with van der Waals surface area (Å²) in [6, 6.07) is 0. The van der Waals surface area contributed by atoms with Crippen LogP contribution >= 0.6 is 15.9 Å².